The van der Waals surface area contributed by atoms with Gasteiger partial charge in [0.25, 0.3) is 0 Å². The highest BCUT2D eigenvalue weighted by atomic mass is 17.0. The highest BCUT2D eigenvalue weighted by Crippen LogP contribution is 2.13. The molecule has 0 bridgehead atoms. The van der Waals surface area contributed by atoms with Gasteiger partial charge in [-0.05, 0) is 37.0 Å². The van der Waals surface area contributed by atoms with E-state index >= 15 is 0 Å². The maximum absolute atomic E-state index is 6.00. The topological polar surface area (TPSA) is 40.5 Å². The predicted octanol–water partition coefficient (Wildman–Crippen LogP) is 3.27. The van der Waals surface area contributed by atoms with E-state index in [9.17, 15) is 0 Å². The van der Waals surface area contributed by atoms with Crippen LogP contribution in [0, 0.1) is 13.8 Å². The summed E-state index contributed by atoms with van der Waals surface area (Å²) in [7, 11) is 0. The smallest absolute Gasteiger partial charge is 0.0279 e. The van der Waals surface area contributed by atoms with Crippen LogP contribution >= 0.6 is 0 Å². The van der Waals surface area contributed by atoms with Gasteiger partial charge in [0.05, 0.1) is 0 Å². The van der Waals surface area contributed by atoms with Gasteiger partial charge >= 0.3 is 0 Å². The zero-order valence-electron chi connectivity index (χ0n) is 8.54. The van der Waals surface area contributed by atoms with Crippen LogP contribution in [0.25, 0.3) is 0 Å². The number of aryl methyl sites for hydroxylation is 2. The van der Waals surface area contributed by atoms with Crippen molar-refractivity contribution in [2.45, 2.75) is 33.6 Å². The fourth-order valence-electron chi connectivity index (χ4n) is 1.35. The average Bonchev–Trinajstić information content (AvgIpc) is 2.17. The maximum atomic E-state index is 6.00. The monoisotopic (exact) mass is 182 g/mol. The first-order valence-electron chi connectivity index (χ1n) is 4.50. The molecule has 0 unspecified atom stereocenters. The van der Waals surface area contributed by atoms with Gasteiger partial charge in [0.2, 0.25) is 0 Å². The van der Waals surface area contributed by atoms with E-state index in [1.807, 2.05) is 0 Å². The van der Waals surface area contributed by atoms with E-state index in [0.717, 1.165) is 0 Å². The van der Waals surface area contributed by atoms with Gasteiger partial charge in [0.15, 0.2) is 0 Å². The molecule has 0 spiro atoms. The van der Waals surface area contributed by atoms with Crippen molar-refractivity contribution in [2.24, 2.45) is 0 Å². The lowest BCUT2D eigenvalue weighted by Crippen LogP contribution is -1.90. The van der Waals surface area contributed by atoms with Gasteiger partial charge in [0.1, 0.15) is 0 Å². The van der Waals surface area contributed by atoms with Gasteiger partial charge in [-0.3, -0.25) is 10.5 Å². The molecule has 2 heteroatoms. The molecule has 0 heterocycles. The fraction of sp³-hybridized carbons (Fsp3) is 0.455. The number of rotatable bonds is 2. The molecule has 0 fully saturated rings. The van der Waals surface area contributed by atoms with Crippen LogP contribution in [0.1, 0.15) is 30.0 Å². The van der Waals surface area contributed by atoms with E-state index < -0.39 is 0 Å². The van der Waals surface area contributed by atoms with Crippen molar-refractivity contribution in [3.05, 3.63) is 34.9 Å². The summed E-state index contributed by atoms with van der Waals surface area (Å²) >= 11 is 0. The lowest BCUT2D eigenvalue weighted by Gasteiger charge is -2.05. The Kier molecular flexibility index (Phi) is 6.20. The first-order valence-corrected chi connectivity index (χ1v) is 4.50. The summed E-state index contributed by atoms with van der Waals surface area (Å²) in [6.45, 7) is 6.61. The molecular weight excluding hydrogens is 164 g/mol. The minimum Gasteiger partial charge on any atom is -0.255 e. The third-order valence-corrected chi connectivity index (χ3v) is 2.24. The fourth-order valence-corrected chi connectivity index (χ4v) is 1.35. The molecule has 2 nitrogen and oxygen atoms in total. The Bertz CT molecular complexity index is 244. The number of benzene rings is 1. The second kappa shape index (κ2) is 6.63. The molecule has 0 saturated heterocycles. The summed E-state index contributed by atoms with van der Waals surface area (Å²) in [4.78, 5) is 0. The number of hydrogen-bond acceptors (Lipinski definition) is 2. The Labute approximate surface area is 79.8 Å². The minimum atomic E-state index is 1.22. The Hall–Kier alpha value is -0.860. The minimum absolute atomic E-state index is 1.22. The Morgan fingerprint density at radius 2 is 1.77 bits per heavy atom. The summed E-state index contributed by atoms with van der Waals surface area (Å²) in [5.41, 5.74) is 4.39. The van der Waals surface area contributed by atoms with Gasteiger partial charge in [-0.25, -0.2) is 0 Å². The van der Waals surface area contributed by atoms with E-state index in [-0.39, 0.29) is 0 Å². The molecule has 0 aliphatic carbocycles. The molecule has 0 aliphatic rings. The second-order valence-electron chi connectivity index (χ2n) is 3.11. The van der Waals surface area contributed by atoms with Crippen LogP contribution in [0.2, 0.25) is 0 Å². The SMILES string of the molecule is CCCc1cccc(C)c1C.OO. The Balaban J connectivity index is 0.000000671. The van der Waals surface area contributed by atoms with Crippen LogP contribution in [-0.2, 0) is 6.42 Å². The molecule has 0 saturated carbocycles. The molecule has 0 amide bonds. The van der Waals surface area contributed by atoms with Crippen molar-refractivity contribution in [3.63, 3.8) is 0 Å². The molecule has 0 radical (unpaired) electrons. The van der Waals surface area contributed by atoms with Gasteiger partial charge in [-0.1, -0.05) is 31.5 Å². The van der Waals surface area contributed by atoms with Crippen LogP contribution in [0.5, 0.6) is 0 Å². The summed E-state index contributed by atoms with van der Waals surface area (Å²) in [5, 5.41) is 12.0. The van der Waals surface area contributed by atoms with Crippen molar-refractivity contribution >= 4 is 0 Å². The summed E-state index contributed by atoms with van der Waals surface area (Å²) in [6.07, 6.45) is 2.46. The highest BCUT2D eigenvalue weighted by Gasteiger charge is 1.97. The lowest BCUT2D eigenvalue weighted by molar-refractivity contribution is -0.176. The molecule has 0 atom stereocenters. The lowest BCUT2D eigenvalue weighted by atomic mass is 10.0. The molecule has 1 rings (SSSR count). The zero-order valence-corrected chi connectivity index (χ0v) is 8.54. The van der Waals surface area contributed by atoms with Gasteiger partial charge < -0.3 is 0 Å². The normalized spacial score (nSPS) is 9.00. The summed E-state index contributed by atoms with van der Waals surface area (Å²) < 4.78 is 0. The van der Waals surface area contributed by atoms with E-state index in [4.69, 9.17) is 10.5 Å². The molecule has 1 aromatic rings. The van der Waals surface area contributed by atoms with E-state index in [1.54, 1.807) is 0 Å². The first kappa shape index (κ1) is 12.1. The average molecular weight is 182 g/mol. The van der Waals surface area contributed by atoms with Gasteiger partial charge in [-0.2, -0.15) is 0 Å². The van der Waals surface area contributed by atoms with Crippen molar-refractivity contribution in [1.82, 2.24) is 0 Å². The third kappa shape index (κ3) is 3.57. The van der Waals surface area contributed by atoms with Crippen LogP contribution in [0.3, 0.4) is 0 Å². The second-order valence-corrected chi connectivity index (χ2v) is 3.11. The van der Waals surface area contributed by atoms with Crippen LogP contribution in [0.4, 0.5) is 0 Å². The molecule has 2 N–H and O–H groups in total. The van der Waals surface area contributed by atoms with E-state index in [0.29, 0.717) is 0 Å². The number of hydrogen-bond donors (Lipinski definition) is 2. The standard InChI is InChI=1S/C11H16.H2O2/c1-4-6-11-8-5-7-9(2)10(11)3;1-2/h5,7-8H,4,6H2,1-3H3;1-2H. The predicted molar refractivity (Wildman–Crippen MR) is 55.2 cm³/mol. The molecule has 1 aromatic carbocycles. The molecule has 0 aliphatic heterocycles. The van der Waals surface area contributed by atoms with Gasteiger partial charge in [0, 0.05) is 0 Å². The van der Waals surface area contributed by atoms with Crippen molar-refractivity contribution < 1.29 is 10.5 Å². The maximum Gasteiger partial charge on any atom is -0.0279 e. The summed E-state index contributed by atoms with van der Waals surface area (Å²) in [5.74, 6) is 0. The van der Waals surface area contributed by atoms with Crippen LogP contribution < -0.4 is 0 Å². The molecule has 0 aromatic heterocycles. The van der Waals surface area contributed by atoms with Crippen molar-refractivity contribution in [3.8, 4) is 0 Å². The molecule has 13 heavy (non-hydrogen) atoms. The van der Waals surface area contributed by atoms with Crippen LogP contribution in [0.15, 0.2) is 18.2 Å². The third-order valence-electron chi connectivity index (χ3n) is 2.24. The quantitative estimate of drug-likeness (QED) is 0.544. The van der Waals surface area contributed by atoms with Crippen molar-refractivity contribution in [1.29, 1.82) is 0 Å². The van der Waals surface area contributed by atoms with Crippen LogP contribution in [-0.4, -0.2) is 10.5 Å². The summed E-state index contributed by atoms with van der Waals surface area (Å²) in [6, 6.07) is 6.55. The van der Waals surface area contributed by atoms with Crippen molar-refractivity contribution in [2.75, 3.05) is 0 Å². The Morgan fingerprint density at radius 3 is 2.31 bits per heavy atom. The highest BCUT2D eigenvalue weighted by molar-refractivity contribution is 5.32. The molecular formula is C11H18O2. The van der Waals surface area contributed by atoms with E-state index in [2.05, 4.69) is 39.0 Å². The van der Waals surface area contributed by atoms with Gasteiger partial charge in [-0.15, -0.1) is 0 Å². The first-order chi connectivity index (χ1) is 6.25. The molecule has 74 valence electrons. The largest absolute Gasteiger partial charge is 0.255 e. The Morgan fingerprint density at radius 1 is 1.15 bits per heavy atom. The zero-order chi connectivity index (χ0) is 10.3. The van der Waals surface area contributed by atoms with E-state index in [1.165, 1.54) is 29.5 Å².